The number of fused-ring (bicyclic) bond motifs is 1. The number of para-hydroxylation sites is 1. The Morgan fingerprint density at radius 1 is 0.220 bits per heavy atom. The highest BCUT2D eigenvalue weighted by Gasteiger charge is 2.18. The predicted molar refractivity (Wildman–Crippen MR) is 251 cm³/mol. The average Bonchev–Trinajstić information content (AvgIpc) is 3.33. The maximum atomic E-state index is 2.39. The molecule has 0 aromatic heterocycles. The van der Waals surface area contributed by atoms with Crippen LogP contribution in [0, 0.1) is 0 Å². The van der Waals surface area contributed by atoms with Crippen LogP contribution in [0.4, 0.5) is 17.1 Å². The van der Waals surface area contributed by atoms with Crippen LogP contribution in [0.1, 0.15) is 0 Å². The van der Waals surface area contributed by atoms with E-state index in [1.807, 2.05) is 0 Å². The van der Waals surface area contributed by atoms with Crippen molar-refractivity contribution < 1.29 is 0 Å². The molecule has 0 spiro atoms. The van der Waals surface area contributed by atoms with Crippen molar-refractivity contribution in [2.75, 3.05) is 4.90 Å². The first-order valence-electron chi connectivity index (χ1n) is 20.2. The van der Waals surface area contributed by atoms with E-state index in [4.69, 9.17) is 0 Å². The van der Waals surface area contributed by atoms with Crippen LogP contribution in [-0.2, 0) is 0 Å². The molecular weight excluding hydrogens is 711 g/mol. The molecule has 0 amide bonds. The number of hydrogen-bond donors (Lipinski definition) is 0. The molecule has 0 aliphatic rings. The van der Waals surface area contributed by atoms with Crippen LogP contribution in [0.2, 0.25) is 0 Å². The predicted octanol–water partition coefficient (Wildman–Crippen LogP) is 16.3. The van der Waals surface area contributed by atoms with Crippen LogP contribution < -0.4 is 4.90 Å². The molecule has 0 bridgehead atoms. The van der Waals surface area contributed by atoms with Crippen LogP contribution in [0.3, 0.4) is 0 Å². The van der Waals surface area contributed by atoms with Crippen molar-refractivity contribution in [3.8, 4) is 66.8 Å². The van der Waals surface area contributed by atoms with Gasteiger partial charge in [-0.3, -0.25) is 0 Å². The zero-order valence-corrected chi connectivity index (χ0v) is 32.6. The molecule has 0 radical (unpaired) electrons. The number of nitrogens with zero attached hydrogens (tertiary/aromatic N) is 1. The van der Waals surface area contributed by atoms with E-state index < -0.39 is 0 Å². The Bertz CT molecular complexity index is 2940. The molecule has 1 heteroatoms. The van der Waals surface area contributed by atoms with Crippen LogP contribution in [-0.4, -0.2) is 0 Å². The van der Waals surface area contributed by atoms with Gasteiger partial charge in [-0.05, 0) is 127 Å². The third-order valence-corrected chi connectivity index (χ3v) is 11.3. The van der Waals surface area contributed by atoms with E-state index in [1.54, 1.807) is 0 Å². The molecule has 59 heavy (non-hydrogen) atoms. The average molecular weight is 752 g/mol. The fraction of sp³-hybridized carbons (Fsp3) is 0. The summed E-state index contributed by atoms with van der Waals surface area (Å²) in [6.45, 7) is 0. The Kier molecular flexibility index (Phi) is 9.68. The highest BCUT2D eigenvalue weighted by Crippen LogP contribution is 2.43. The lowest BCUT2D eigenvalue weighted by atomic mass is 9.93. The first kappa shape index (κ1) is 35.7. The molecular formula is C58H41N. The fourth-order valence-corrected chi connectivity index (χ4v) is 8.30. The van der Waals surface area contributed by atoms with Gasteiger partial charge in [-0.25, -0.2) is 0 Å². The Morgan fingerprint density at radius 2 is 0.610 bits per heavy atom. The minimum absolute atomic E-state index is 1.09. The van der Waals surface area contributed by atoms with Gasteiger partial charge in [0, 0.05) is 16.9 Å². The van der Waals surface area contributed by atoms with Gasteiger partial charge in [0.1, 0.15) is 0 Å². The summed E-state index contributed by atoms with van der Waals surface area (Å²) in [7, 11) is 0. The van der Waals surface area contributed by atoms with Crippen LogP contribution in [0.25, 0.3) is 77.5 Å². The number of benzene rings is 10. The van der Waals surface area contributed by atoms with Crippen LogP contribution in [0.15, 0.2) is 249 Å². The van der Waals surface area contributed by atoms with Gasteiger partial charge in [0.05, 0.1) is 5.69 Å². The molecule has 1 nitrogen and oxygen atoms in total. The second-order valence-corrected chi connectivity index (χ2v) is 15.0. The van der Waals surface area contributed by atoms with Crippen molar-refractivity contribution in [2.24, 2.45) is 0 Å². The summed E-state index contributed by atoms with van der Waals surface area (Å²) in [5.41, 5.74) is 17.6. The normalized spacial score (nSPS) is 11.1. The molecule has 0 fully saturated rings. The van der Waals surface area contributed by atoms with Gasteiger partial charge in [0.2, 0.25) is 0 Å². The second kappa shape index (κ2) is 16.0. The molecule has 0 heterocycles. The van der Waals surface area contributed by atoms with Gasteiger partial charge >= 0.3 is 0 Å². The molecule has 0 N–H and O–H groups in total. The molecule has 10 rings (SSSR count). The third kappa shape index (κ3) is 7.34. The van der Waals surface area contributed by atoms with E-state index in [2.05, 4.69) is 254 Å². The van der Waals surface area contributed by atoms with Crippen LogP contribution >= 0.6 is 0 Å². The maximum absolute atomic E-state index is 2.39. The van der Waals surface area contributed by atoms with Gasteiger partial charge in [0.15, 0.2) is 0 Å². The Hall–Kier alpha value is -7.74. The minimum Gasteiger partial charge on any atom is -0.310 e. The summed E-state index contributed by atoms with van der Waals surface area (Å²) in [6, 6.07) is 89.8. The summed E-state index contributed by atoms with van der Waals surface area (Å²) in [5, 5.41) is 2.52. The summed E-state index contributed by atoms with van der Waals surface area (Å²) in [4.78, 5) is 2.39. The second-order valence-electron chi connectivity index (χ2n) is 15.0. The highest BCUT2D eigenvalue weighted by molar-refractivity contribution is 5.97. The summed E-state index contributed by atoms with van der Waals surface area (Å²) >= 11 is 0. The maximum Gasteiger partial charge on any atom is 0.0540 e. The molecule has 10 aromatic rings. The molecule has 0 atom stereocenters. The van der Waals surface area contributed by atoms with Gasteiger partial charge in [-0.15, -0.1) is 0 Å². The van der Waals surface area contributed by atoms with Crippen molar-refractivity contribution in [3.63, 3.8) is 0 Å². The molecule has 0 aliphatic heterocycles. The van der Waals surface area contributed by atoms with E-state index in [1.165, 1.54) is 77.5 Å². The van der Waals surface area contributed by atoms with E-state index >= 15 is 0 Å². The minimum atomic E-state index is 1.09. The summed E-state index contributed by atoms with van der Waals surface area (Å²) in [5.74, 6) is 0. The lowest BCUT2D eigenvalue weighted by Gasteiger charge is -2.28. The van der Waals surface area contributed by atoms with Crippen molar-refractivity contribution >= 4 is 27.8 Å². The van der Waals surface area contributed by atoms with Crippen LogP contribution in [0.5, 0.6) is 0 Å². The number of hydrogen-bond acceptors (Lipinski definition) is 1. The van der Waals surface area contributed by atoms with Crippen molar-refractivity contribution in [3.05, 3.63) is 249 Å². The Balaban J connectivity index is 1.05. The fourth-order valence-electron chi connectivity index (χ4n) is 8.30. The van der Waals surface area contributed by atoms with Gasteiger partial charge in [-0.1, -0.05) is 194 Å². The first-order chi connectivity index (χ1) is 29.2. The van der Waals surface area contributed by atoms with E-state index in [0.717, 1.165) is 17.1 Å². The molecule has 0 saturated heterocycles. The summed E-state index contributed by atoms with van der Waals surface area (Å²) in [6.07, 6.45) is 0. The monoisotopic (exact) mass is 751 g/mol. The quantitative estimate of drug-likeness (QED) is 0.142. The smallest absolute Gasteiger partial charge is 0.0540 e. The molecule has 278 valence electrons. The van der Waals surface area contributed by atoms with E-state index in [-0.39, 0.29) is 0 Å². The largest absolute Gasteiger partial charge is 0.310 e. The van der Waals surface area contributed by atoms with E-state index in [9.17, 15) is 0 Å². The Labute approximate surface area is 346 Å². The van der Waals surface area contributed by atoms with Crippen molar-refractivity contribution in [2.45, 2.75) is 0 Å². The standard InChI is InChI=1S/C58H41N/c1-4-16-42(17-5-1)50-39-51(43-18-6-2-7-19-43)41-52(40-50)45-32-36-54(37-33-45)59(58-29-13-12-27-57(58)47-20-8-3-9-21-47)53-34-30-44(31-35-53)48-24-14-25-49(38-48)56-28-15-23-46-22-10-11-26-55(46)56/h1-41H. The Morgan fingerprint density at radius 3 is 1.22 bits per heavy atom. The zero-order valence-electron chi connectivity index (χ0n) is 32.6. The number of anilines is 3. The van der Waals surface area contributed by atoms with Gasteiger partial charge in [0.25, 0.3) is 0 Å². The van der Waals surface area contributed by atoms with Gasteiger partial charge in [-0.2, -0.15) is 0 Å². The third-order valence-electron chi connectivity index (χ3n) is 11.3. The summed E-state index contributed by atoms with van der Waals surface area (Å²) < 4.78 is 0. The lowest BCUT2D eigenvalue weighted by molar-refractivity contribution is 1.28. The first-order valence-corrected chi connectivity index (χ1v) is 20.2. The topological polar surface area (TPSA) is 3.24 Å². The SMILES string of the molecule is c1ccc(-c2cc(-c3ccccc3)cc(-c3ccc(N(c4ccc(-c5cccc(-c6cccc7ccccc67)c5)cc4)c4ccccc4-c4ccccc4)cc3)c2)cc1. The molecule has 0 saturated carbocycles. The molecule has 10 aromatic carbocycles. The van der Waals surface area contributed by atoms with Crippen molar-refractivity contribution in [1.29, 1.82) is 0 Å². The molecule has 0 aliphatic carbocycles. The number of rotatable bonds is 9. The highest BCUT2D eigenvalue weighted by atomic mass is 15.1. The lowest BCUT2D eigenvalue weighted by Crippen LogP contribution is -2.11. The zero-order chi connectivity index (χ0) is 39.4. The molecule has 0 unspecified atom stereocenters. The van der Waals surface area contributed by atoms with Gasteiger partial charge < -0.3 is 4.90 Å². The van der Waals surface area contributed by atoms with E-state index in [0.29, 0.717) is 0 Å². The van der Waals surface area contributed by atoms with Crippen molar-refractivity contribution in [1.82, 2.24) is 0 Å².